The van der Waals surface area contributed by atoms with Gasteiger partial charge in [-0.1, -0.05) is 30.3 Å². The summed E-state index contributed by atoms with van der Waals surface area (Å²) in [5.74, 6) is -0.974. The minimum absolute atomic E-state index is 0.177. The molecule has 1 aliphatic rings. The molecule has 0 bridgehead atoms. The van der Waals surface area contributed by atoms with Crippen LogP contribution in [0.1, 0.15) is 40.3 Å². The van der Waals surface area contributed by atoms with Crippen LogP contribution in [-0.4, -0.2) is 51.1 Å². The van der Waals surface area contributed by atoms with E-state index < -0.39 is 5.97 Å². The van der Waals surface area contributed by atoms with Gasteiger partial charge in [-0.2, -0.15) is 0 Å². The van der Waals surface area contributed by atoms with E-state index in [1.807, 2.05) is 47.3 Å². The van der Waals surface area contributed by atoms with Gasteiger partial charge in [0.05, 0.1) is 55.1 Å². The number of carbonyl (C=O) groups is 2. The number of benzene rings is 1. The SMILES string of the molecule is COC(=O)c1c(NC(=O)C2CCOC2)c2cc(NCc3c(C)nc4sccn34)cnc2n1CCCc1ccccc1. The third-order valence-electron chi connectivity index (χ3n) is 7.54. The van der Waals surface area contributed by atoms with Crippen LogP contribution >= 0.6 is 11.3 Å². The summed E-state index contributed by atoms with van der Waals surface area (Å²) >= 11 is 1.59. The summed E-state index contributed by atoms with van der Waals surface area (Å²) in [6.07, 6.45) is 6.03. The first kappa shape index (κ1) is 27.0. The molecule has 10 nitrogen and oxygen atoms in total. The summed E-state index contributed by atoms with van der Waals surface area (Å²) in [7, 11) is 1.35. The van der Waals surface area contributed by atoms with Gasteiger partial charge in [-0.25, -0.2) is 14.8 Å². The van der Waals surface area contributed by atoms with Crippen LogP contribution in [0.25, 0.3) is 16.0 Å². The lowest BCUT2D eigenvalue weighted by atomic mass is 10.1. The fourth-order valence-electron chi connectivity index (χ4n) is 5.37. The zero-order valence-corrected chi connectivity index (χ0v) is 23.9. The first-order valence-electron chi connectivity index (χ1n) is 13.7. The minimum atomic E-state index is -0.523. The lowest BCUT2D eigenvalue weighted by Crippen LogP contribution is -2.24. The number of thiazole rings is 1. The summed E-state index contributed by atoms with van der Waals surface area (Å²) < 4.78 is 14.6. The second-order valence-corrected chi connectivity index (χ2v) is 11.0. The second-order valence-electron chi connectivity index (χ2n) is 10.2. The van der Waals surface area contributed by atoms with Gasteiger partial charge in [0.25, 0.3) is 0 Å². The molecular formula is C30H32N6O4S. The average molecular weight is 573 g/mol. The molecule has 1 aromatic carbocycles. The van der Waals surface area contributed by atoms with E-state index in [0.29, 0.717) is 55.1 Å². The number of fused-ring (bicyclic) bond motifs is 2. The van der Waals surface area contributed by atoms with Crippen LogP contribution in [0.4, 0.5) is 11.4 Å². The summed E-state index contributed by atoms with van der Waals surface area (Å²) in [6, 6.07) is 12.1. The Morgan fingerprint density at radius 1 is 1.24 bits per heavy atom. The molecule has 41 heavy (non-hydrogen) atoms. The Balaban J connectivity index is 1.36. The number of rotatable bonds is 10. The van der Waals surface area contributed by atoms with Gasteiger partial charge in [0.1, 0.15) is 5.65 Å². The van der Waals surface area contributed by atoms with Crippen molar-refractivity contribution in [1.82, 2.24) is 18.9 Å². The molecule has 0 radical (unpaired) electrons. The molecule has 1 fully saturated rings. The first-order chi connectivity index (χ1) is 20.0. The van der Waals surface area contributed by atoms with E-state index in [1.165, 1.54) is 12.7 Å². The Hall–Kier alpha value is -4.22. The number of pyridine rings is 1. The second kappa shape index (κ2) is 11.7. The number of anilines is 2. The van der Waals surface area contributed by atoms with Crippen LogP contribution in [0.15, 0.2) is 54.2 Å². The van der Waals surface area contributed by atoms with Crippen LogP contribution in [0, 0.1) is 12.8 Å². The number of nitrogens with zero attached hydrogens (tertiary/aromatic N) is 4. The predicted octanol–water partition coefficient (Wildman–Crippen LogP) is 5.06. The molecule has 4 aromatic heterocycles. The van der Waals surface area contributed by atoms with Crippen LogP contribution in [0.5, 0.6) is 0 Å². The zero-order chi connectivity index (χ0) is 28.3. The van der Waals surface area contributed by atoms with Crippen molar-refractivity contribution in [2.24, 2.45) is 5.92 Å². The predicted molar refractivity (Wildman–Crippen MR) is 159 cm³/mol. The molecule has 1 atom stereocenters. The monoisotopic (exact) mass is 572 g/mol. The number of hydrogen-bond acceptors (Lipinski definition) is 8. The molecule has 5 heterocycles. The first-order valence-corrected chi connectivity index (χ1v) is 14.6. The number of carbonyl (C=O) groups excluding carboxylic acids is 2. The molecule has 0 saturated carbocycles. The van der Waals surface area contributed by atoms with E-state index in [2.05, 4.69) is 32.2 Å². The number of ether oxygens (including phenoxy) is 2. The zero-order valence-electron chi connectivity index (χ0n) is 23.1. The summed E-state index contributed by atoms with van der Waals surface area (Å²) in [6.45, 7) is 3.98. The maximum absolute atomic E-state index is 13.2. The minimum Gasteiger partial charge on any atom is -0.464 e. The number of esters is 1. The summed E-state index contributed by atoms with van der Waals surface area (Å²) in [5.41, 5.74) is 5.32. The molecule has 212 valence electrons. The van der Waals surface area contributed by atoms with Gasteiger partial charge in [0, 0.05) is 30.1 Å². The van der Waals surface area contributed by atoms with Gasteiger partial charge in [-0.15, -0.1) is 11.3 Å². The fourth-order valence-corrected chi connectivity index (χ4v) is 6.15. The summed E-state index contributed by atoms with van der Waals surface area (Å²) in [5, 5.41) is 9.19. The topological polar surface area (TPSA) is 112 Å². The third-order valence-corrected chi connectivity index (χ3v) is 8.29. The maximum atomic E-state index is 13.2. The van der Waals surface area contributed by atoms with E-state index >= 15 is 0 Å². The molecule has 1 unspecified atom stereocenters. The number of hydrogen-bond donors (Lipinski definition) is 2. The van der Waals surface area contributed by atoms with Crippen molar-refractivity contribution in [3.05, 3.63) is 76.8 Å². The van der Waals surface area contributed by atoms with Crippen molar-refractivity contribution in [2.75, 3.05) is 31.0 Å². The molecular weight excluding hydrogens is 540 g/mol. The van der Waals surface area contributed by atoms with Crippen LogP contribution in [-0.2, 0) is 33.8 Å². The van der Waals surface area contributed by atoms with Crippen LogP contribution < -0.4 is 10.6 Å². The quantitative estimate of drug-likeness (QED) is 0.225. The Morgan fingerprint density at radius 3 is 2.88 bits per heavy atom. The van der Waals surface area contributed by atoms with Crippen molar-refractivity contribution in [3.63, 3.8) is 0 Å². The van der Waals surface area contributed by atoms with Gasteiger partial charge in [-0.05, 0) is 37.8 Å². The number of aryl methyl sites for hydroxylation is 3. The standard InChI is InChI=1S/C30H32N6O4S/c1-19-24(35-12-14-41-30(35)33-19)17-31-22-15-23-25(34-28(37)21-10-13-40-18-21)26(29(38)39-2)36(27(23)32-16-22)11-6-9-20-7-4-3-5-8-20/h3-5,7-8,12,14-16,21,31H,6,9-11,13,17-18H2,1-2H3,(H,34,37). The normalized spacial score (nSPS) is 15.0. The number of imidazole rings is 1. The van der Waals surface area contributed by atoms with Crippen molar-refractivity contribution in [2.45, 2.75) is 39.3 Å². The van der Waals surface area contributed by atoms with Crippen molar-refractivity contribution in [1.29, 1.82) is 0 Å². The Kier molecular flexibility index (Phi) is 7.71. The van der Waals surface area contributed by atoms with E-state index in [4.69, 9.17) is 14.5 Å². The van der Waals surface area contributed by atoms with E-state index in [-0.39, 0.29) is 11.8 Å². The number of amides is 1. The Bertz CT molecular complexity index is 1700. The number of methoxy groups -OCH3 is 1. The van der Waals surface area contributed by atoms with E-state index in [9.17, 15) is 9.59 Å². The summed E-state index contributed by atoms with van der Waals surface area (Å²) in [4.78, 5) is 36.8. The van der Waals surface area contributed by atoms with Crippen molar-refractivity contribution in [3.8, 4) is 0 Å². The molecule has 1 amide bonds. The van der Waals surface area contributed by atoms with Gasteiger partial charge in [-0.3, -0.25) is 9.20 Å². The lowest BCUT2D eigenvalue weighted by Gasteiger charge is -2.12. The van der Waals surface area contributed by atoms with Gasteiger partial charge < -0.3 is 24.7 Å². The Morgan fingerprint density at radius 2 is 2.10 bits per heavy atom. The van der Waals surface area contributed by atoms with Crippen molar-refractivity contribution < 1.29 is 19.1 Å². The van der Waals surface area contributed by atoms with Gasteiger partial charge in [0.2, 0.25) is 5.91 Å². The van der Waals surface area contributed by atoms with Crippen LogP contribution in [0.2, 0.25) is 0 Å². The highest BCUT2D eigenvalue weighted by atomic mass is 32.1. The highest BCUT2D eigenvalue weighted by Gasteiger charge is 2.30. The molecule has 1 saturated heterocycles. The van der Waals surface area contributed by atoms with Gasteiger partial charge >= 0.3 is 5.97 Å². The maximum Gasteiger partial charge on any atom is 0.356 e. The third kappa shape index (κ3) is 5.42. The molecule has 5 aromatic rings. The fraction of sp³-hybridized carbons (Fsp3) is 0.333. The molecule has 2 N–H and O–H groups in total. The van der Waals surface area contributed by atoms with Crippen molar-refractivity contribution >= 4 is 50.6 Å². The molecule has 6 rings (SSSR count). The highest BCUT2D eigenvalue weighted by molar-refractivity contribution is 7.15. The molecule has 0 aliphatic carbocycles. The molecule has 0 spiro atoms. The molecule has 11 heteroatoms. The largest absolute Gasteiger partial charge is 0.464 e. The average Bonchev–Trinajstić information content (AvgIpc) is 3.78. The number of aromatic nitrogens is 4. The smallest absolute Gasteiger partial charge is 0.356 e. The Labute approximate surface area is 241 Å². The highest BCUT2D eigenvalue weighted by Crippen LogP contribution is 2.34. The number of nitrogens with one attached hydrogen (secondary N) is 2. The lowest BCUT2D eigenvalue weighted by molar-refractivity contribution is -0.119. The van der Waals surface area contributed by atoms with E-state index in [1.54, 1.807) is 17.5 Å². The van der Waals surface area contributed by atoms with E-state index in [0.717, 1.165) is 34.9 Å². The molecule has 1 aliphatic heterocycles. The van der Waals surface area contributed by atoms with Crippen LogP contribution in [0.3, 0.4) is 0 Å². The van der Waals surface area contributed by atoms with Gasteiger partial charge in [0.15, 0.2) is 10.7 Å².